The largest absolute Gasteiger partial charge is 0.369 e. The number of tetrazole rings is 1. The molecule has 0 bridgehead atoms. The Balaban J connectivity index is 1.51. The molecule has 3 heterocycles. The fourth-order valence-corrected chi connectivity index (χ4v) is 5.03. The molecular weight excluding hydrogens is 434 g/mol. The number of fused-ring (bicyclic) bond motifs is 1. The minimum atomic E-state index is -0.171. The minimum Gasteiger partial charge on any atom is -0.369 e. The summed E-state index contributed by atoms with van der Waals surface area (Å²) >= 11 is 0. The molecule has 4 aromatic rings. The zero-order chi connectivity index (χ0) is 24.6. The van der Waals surface area contributed by atoms with Crippen LogP contribution in [-0.4, -0.2) is 56.3 Å². The first-order valence-corrected chi connectivity index (χ1v) is 12.6. The summed E-state index contributed by atoms with van der Waals surface area (Å²) in [5.74, 6) is 0.903. The maximum absolute atomic E-state index is 4.60. The molecule has 2 aromatic carbocycles. The van der Waals surface area contributed by atoms with Crippen molar-refractivity contribution in [2.24, 2.45) is 0 Å². The second kappa shape index (κ2) is 9.38. The minimum absolute atomic E-state index is 0.0267. The Labute approximate surface area is 207 Å². The van der Waals surface area contributed by atoms with E-state index in [4.69, 9.17) is 0 Å². The van der Waals surface area contributed by atoms with Crippen LogP contribution in [0, 0.1) is 13.8 Å². The normalized spacial score (nSPS) is 16.1. The first-order chi connectivity index (χ1) is 16.9. The molecule has 2 aromatic heterocycles. The summed E-state index contributed by atoms with van der Waals surface area (Å²) in [4.78, 5) is 9.57. The van der Waals surface area contributed by atoms with Gasteiger partial charge in [-0.05, 0) is 85.5 Å². The van der Waals surface area contributed by atoms with Crippen LogP contribution in [0.1, 0.15) is 55.7 Å². The third kappa shape index (κ3) is 4.41. The lowest BCUT2D eigenvalue weighted by atomic mass is 9.98. The van der Waals surface area contributed by atoms with Gasteiger partial charge >= 0.3 is 0 Å². The number of aromatic nitrogens is 5. The van der Waals surface area contributed by atoms with Crippen LogP contribution in [0.3, 0.4) is 0 Å². The van der Waals surface area contributed by atoms with Gasteiger partial charge in [0.2, 0.25) is 0 Å². The van der Waals surface area contributed by atoms with Crippen LogP contribution in [0.4, 0.5) is 5.69 Å². The van der Waals surface area contributed by atoms with E-state index in [1.54, 1.807) is 0 Å². The van der Waals surface area contributed by atoms with Crippen LogP contribution in [0.5, 0.6) is 0 Å². The fraction of sp³-hybridized carbons (Fsp3) is 0.429. The molecule has 7 nitrogen and oxygen atoms in total. The lowest BCUT2D eigenvalue weighted by Crippen LogP contribution is -2.49. The average molecular weight is 470 g/mol. The molecule has 0 spiro atoms. The summed E-state index contributed by atoms with van der Waals surface area (Å²) < 4.78 is 2.03. The summed E-state index contributed by atoms with van der Waals surface area (Å²) in [7, 11) is 0. The van der Waals surface area contributed by atoms with Gasteiger partial charge in [0.25, 0.3) is 0 Å². The van der Waals surface area contributed by atoms with Gasteiger partial charge in [0, 0.05) is 43.4 Å². The standard InChI is InChI=1S/C28H35N7/c1-6-28(4,5)35-27(30-31-32-35)26(23-12-13-24-22(19-23)10-8-14-29-24)34-17-15-33(16-18-34)25-11-7-9-20(2)21(25)3/h7-14,19,26H,6,15-18H2,1-5H3/t26-/m1/s1. The van der Waals surface area contributed by atoms with Gasteiger partial charge in [-0.15, -0.1) is 5.10 Å². The molecule has 182 valence electrons. The molecule has 0 radical (unpaired) electrons. The number of hydrogen-bond donors (Lipinski definition) is 0. The lowest BCUT2D eigenvalue weighted by molar-refractivity contribution is 0.187. The molecule has 0 saturated carbocycles. The second-order valence-electron chi connectivity index (χ2n) is 10.2. The number of rotatable bonds is 6. The van der Waals surface area contributed by atoms with E-state index in [0.717, 1.165) is 49.3 Å². The van der Waals surface area contributed by atoms with Gasteiger partial charge in [0.1, 0.15) is 0 Å². The molecule has 1 aliphatic rings. The van der Waals surface area contributed by atoms with Gasteiger partial charge < -0.3 is 4.90 Å². The lowest BCUT2D eigenvalue weighted by Gasteiger charge is -2.41. The van der Waals surface area contributed by atoms with Gasteiger partial charge in [-0.1, -0.05) is 31.2 Å². The monoisotopic (exact) mass is 469 g/mol. The number of nitrogens with zero attached hydrogens (tertiary/aromatic N) is 7. The van der Waals surface area contributed by atoms with Crippen LogP contribution < -0.4 is 4.90 Å². The van der Waals surface area contributed by atoms with Crippen LogP contribution in [-0.2, 0) is 5.54 Å². The van der Waals surface area contributed by atoms with Gasteiger partial charge in [0.05, 0.1) is 17.1 Å². The van der Waals surface area contributed by atoms with Crippen molar-refractivity contribution in [1.29, 1.82) is 0 Å². The highest BCUT2D eigenvalue weighted by Crippen LogP contribution is 2.34. The molecule has 1 saturated heterocycles. The number of hydrogen-bond acceptors (Lipinski definition) is 6. The predicted molar refractivity (Wildman–Crippen MR) is 141 cm³/mol. The van der Waals surface area contributed by atoms with Gasteiger partial charge in [-0.25, -0.2) is 4.68 Å². The van der Waals surface area contributed by atoms with Crippen molar-refractivity contribution < 1.29 is 0 Å². The van der Waals surface area contributed by atoms with Gasteiger partial charge in [-0.2, -0.15) is 0 Å². The van der Waals surface area contributed by atoms with E-state index in [1.165, 1.54) is 22.4 Å². The Morgan fingerprint density at radius 1 is 0.971 bits per heavy atom. The van der Waals surface area contributed by atoms with Crippen molar-refractivity contribution in [3.8, 4) is 0 Å². The number of aryl methyl sites for hydroxylation is 1. The van der Waals surface area contributed by atoms with E-state index >= 15 is 0 Å². The van der Waals surface area contributed by atoms with Crippen LogP contribution in [0.25, 0.3) is 10.9 Å². The molecule has 1 aliphatic heterocycles. The molecule has 0 N–H and O–H groups in total. The zero-order valence-corrected chi connectivity index (χ0v) is 21.4. The third-order valence-electron chi connectivity index (χ3n) is 7.72. The summed E-state index contributed by atoms with van der Waals surface area (Å²) in [5, 5.41) is 14.3. The van der Waals surface area contributed by atoms with Crippen molar-refractivity contribution in [1.82, 2.24) is 30.1 Å². The summed E-state index contributed by atoms with van der Waals surface area (Å²) in [6.45, 7) is 14.8. The highest BCUT2D eigenvalue weighted by molar-refractivity contribution is 5.79. The Hall–Kier alpha value is -3.32. The number of piperazine rings is 1. The Kier molecular flexibility index (Phi) is 6.28. The van der Waals surface area contributed by atoms with E-state index in [0.29, 0.717) is 0 Å². The van der Waals surface area contributed by atoms with E-state index in [1.807, 2.05) is 16.9 Å². The highest BCUT2D eigenvalue weighted by Gasteiger charge is 2.34. The molecule has 0 aliphatic carbocycles. The van der Waals surface area contributed by atoms with Gasteiger partial charge in [-0.3, -0.25) is 9.88 Å². The molecule has 35 heavy (non-hydrogen) atoms. The Morgan fingerprint density at radius 2 is 1.77 bits per heavy atom. The molecule has 0 unspecified atom stereocenters. The Morgan fingerprint density at radius 3 is 2.54 bits per heavy atom. The van der Waals surface area contributed by atoms with E-state index in [9.17, 15) is 0 Å². The van der Waals surface area contributed by atoms with E-state index < -0.39 is 0 Å². The first-order valence-electron chi connectivity index (χ1n) is 12.6. The molecule has 1 fully saturated rings. The van der Waals surface area contributed by atoms with E-state index in [2.05, 4.69) is 107 Å². The SMILES string of the molecule is CCC(C)(C)n1nnnc1[C@@H](c1ccc2ncccc2c1)N1CCN(c2cccc(C)c2C)CC1. The first kappa shape index (κ1) is 23.4. The van der Waals surface area contributed by atoms with E-state index in [-0.39, 0.29) is 11.6 Å². The molecule has 0 amide bonds. The fourth-order valence-electron chi connectivity index (χ4n) is 5.03. The van der Waals surface area contributed by atoms with Crippen LogP contribution in [0.15, 0.2) is 54.7 Å². The molecule has 7 heteroatoms. The number of pyridine rings is 1. The van der Waals surface area contributed by atoms with Crippen molar-refractivity contribution in [2.75, 3.05) is 31.1 Å². The van der Waals surface area contributed by atoms with Crippen LogP contribution >= 0.6 is 0 Å². The smallest absolute Gasteiger partial charge is 0.173 e. The average Bonchev–Trinajstić information content (AvgIpc) is 3.37. The van der Waals surface area contributed by atoms with Gasteiger partial charge in [0.15, 0.2) is 5.82 Å². The van der Waals surface area contributed by atoms with Crippen molar-refractivity contribution in [2.45, 2.75) is 52.6 Å². The quantitative estimate of drug-likeness (QED) is 0.400. The summed E-state index contributed by atoms with van der Waals surface area (Å²) in [6.07, 6.45) is 2.79. The maximum Gasteiger partial charge on any atom is 0.173 e. The molecule has 5 rings (SSSR count). The summed E-state index contributed by atoms with van der Waals surface area (Å²) in [5.41, 5.74) is 6.09. The van der Waals surface area contributed by atoms with Crippen molar-refractivity contribution >= 4 is 16.6 Å². The number of benzene rings is 2. The topological polar surface area (TPSA) is 63.0 Å². The maximum atomic E-state index is 4.60. The van der Waals surface area contributed by atoms with Crippen LogP contribution in [0.2, 0.25) is 0 Å². The predicted octanol–water partition coefficient (Wildman–Crippen LogP) is 4.89. The van der Waals surface area contributed by atoms with Crippen molar-refractivity contribution in [3.63, 3.8) is 0 Å². The zero-order valence-electron chi connectivity index (χ0n) is 21.4. The Bertz CT molecular complexity index is 1320. The third-order valence-corrected chi connectivity index (χ3v) is 7.72. The number of anilines is 1. The molecule has 1 atom stereocenters. The molecular formula is C28H35N7. The highest BCUT2D eigenvalue weighted by atomic mass is 15.6. The van der Waals surface area contributed by atoms with Crippen molar-refractivity contribution in [3.05, 3.63) is 77.2 Å². The second-order valence-corrected chi connectivity index (χ2v) is 10.2. The summed E-state index contributed by atoms with van der Waals surface area (Å²) in [6, 6.07) is 17.2.